The molecule has 0 bridgehead atoms. The Bertz CT molecular complexity index is 723. The van der Waals surface area contributed by atoms with E-state index in [1.165, 1.54) is 5.56 Å². The SMILES string of the molecule is O=C(CCCc1ccccc1)NCCCCCC(=O)N[C@@H](COP(=O)(O)O)C(=O)O. The molecule has 0 aliphatic heterocycles. The molecule has 0 spiro atoms. The van der Waals surface area contributed by atoms with Crippen LogP contribution in [-0.2, 0) is 29.9 Å². The molecule has 168 valence electrons. The van der Waals surface area contributed by atoms with Gasteiger partial charge in [0.2, 0.25) is 11.8 Å². The molecule has 1 aromatic carbocycles. The van der Waals surface area contributed by atoms with Crippen molar-refractivity contribution in [1.29, 1.82) is 0 Å². The molecule has 0 aliphatic rings. The summed E-state index contributed by atoms with van der Waals surface area (Å²) in [6.07, 6.45) is 3.96. The van der Waals surface area contributed by atoms with Crippen molar-refractivity contribution < 1.29 is 38.4 Å². The summed E-state index contributed by atoms with van der Waals surface area (Å²) < 4.78 is 14.7. The first-order valence-corrected chi connectivity index (χ1v) is 11.2. The molecule has 30 heavy (non-hydrogen) atoms. The van der Waals surface area contributed by atoms with Gasteiger partial charge in [0, 0.05) is 19.4 Å². The molecule has 0 fully saturated rings. The fourth-order valence-corrected chi connectivity index (χ4v) is 2.96. The average Bonchev–Trinajstić information content (AvgIpc) is 2.67. The van der Waals surface area contributed by atoms with Crippen LogP contribution in [0.3, 0.4) is 0 Å². The third-order valence-corrected chi connectivity index (χ3v) is 4.64. The summed E-state index contributed by atoms with van der Waals surface area (Å²) in [4.78, 5) is 51.8. The number of phosphoric acid groups is 1. The number of carbonyl (C=O) groups is 3. The molecule has 0 saturated carbocycles. The minimum absolute atomic E-state index is 0.0157. The Morgan fingerprint density at radius 3 is 2.27 bits per heavy atom. The van der Waals surface area contributed by atoms with Gasteiger partial charge in [0.05, 0.1) is 6.61 Å². The van der Waals surface area contributed by atoms with Crippen molar-refractivity contribution in [2.24, 2.45) is 0 Å². The van der Waals surface area contributed by atoms with E-state index in [1.807, 2.05) is 30.3 Å². The average molecular weight is 444 g/mol. The van der Waals surface area contributed by atoms with E-state index in [2.05, 4.69) is 15.2 Å². The molecule has 11 heteroatoms. The zero-order valence-corrected chi connectivity index (χ0v) is 17.6. The van der Waals surface area contributed by atoms with Gasteiger partial charge >= 0.3 is 13.8 Å². The Hall–Kier alpha value is -2.26. The van der Waals surface area contributed by atoms with Crippen LogP contribution >= 0.6 is 7.82 Å². The van der Waals surface area contributed by atoms with Crippen LogP contribution in [0.2, 0.25) is 0 Å². The number of nitrogens with one attached hydrogen (secondary N) is 2. The van der Waals surface area contributed by atoms with Gasteiger partial charge in [-0.15, -0.1) is 0 Å². The van der Waals surface area contributed by atoms with Crippen molar-refractivity contribution in [3.05, 3.63) is 35.9 Å². The summed E-state index contributed by atoms with van der Waals surface area (Å²) in [5, 5.41) is 13.9. The van der Waals surface area contributed by atoms with Crippen LogP contribution in [0, 0.1) is 0 Å². The van der Waals surface area contributed by atoms with Crippen LogP contribution < -0.4 is 10.6 Å². The summed E-state index contributed by atoms with van der Waals surface area (Å²) in [6, 6.07) is 8.39. The number of hydrogen-bond donors (Lipinski definition) is 5. The first-order chi connectivity index (χ1) is 14.2. The standard InChI is InChI=1S/C19H29N2O8P/c22-17(12-7-10-15-8-3-1-4-9-15)20-13-6-2-5-11-18(23)21-16(19(24)25)14-29-30(26,27)28/h1,3-4,8-9,16H,2,5-7,10-14H2,(H,20,22)(H,21,23)(H,24,25)(H2,26,27,28)/t16-/m0/s1. The first kappa shape index (κ1) is 25.8. The predicted molar refractivity (Wildman–Crippen MR) is 108 cm³/mol. The highest BCUT2D eigenvalue weighted by Gasteiger charge is 2.24. The van der Waals surface area contributed by atoms with Crippen LogP contribution in [0.4, 0.5) is 0 Å². The van der Waals surface area contributed by atoms with Crippen LogP contribution in [0.15, 0.2) is 30.3 Å². The highest BCUT2D eigenvalue weighted by Crippen LogP contribution is 2.35. The maximum absolute atomic E-state index is 11.8. The highest BCUT2D eigenvalue weighted by molar-refractivity contribution is 7.46. The van der Waals surface area contributed by atoms with Gasteiger partial charge in [-0.1, -0.05) is 36.8 Å². The molecule has 5 N–H and O–H groups in total. The second-order valence-corrected chi connectivity index (χ2v) is 7.98. The van der Waals surface area contributed by atoms with Crippen molar-refractivity contribution in [3.8, 4) is 0 Å². The number of amides is 2. The minimum Gasteiger partial charge on any atom is -0.480 e. The van der Waals surface area contributed by atoms with Crippen LogP contribution in [0.25, 0.3) is 0 Å². The Labute approximate surface area is 175 Å². The van der Waals surface area contributed by atoms with Gasteiger partial charge < -0.3 is 25.5 Å². The van der Waals surface area contributed by atoms with E-state index < -0.39 is 32.3 Å². The lowest BCUT2D eigenvalue weighted by atomic mass is 10.1. The summed E-state index contributed by atoms with van der Waals surface area (Å²) in [5.41, 5.74) is 1.20. The Kier molecular flexibility index (Phi) is 11.9. The molecule has 0 heterocycles. The normalized spacial score (nSPS) is 12.2. The van der Waals surface area contributed by atoms with Crippen LogP contribution in [0.1, 0.15) is 44.1 Å². The lowest BCUT2D eigenvalue weighted by molar-refractivity contribution is -0.142. The quantitative estimate of drug-likeness (QED) is 0.200. The molecular weight excluding hydrogens is 415 g/mol. The summed E-state index contributed by atoms with van der Waals surface area (Å²) in [5.74, 6) is -2.02. The van der Waals surface area contributed by atoms with Gasteiger partial charge in [0.1, 0.15) is 0 Å². The zero-order valence-electron chi connectivity index (χ0n) is 16.7. The van der Waals surface area contributed by atoms with Crippen molar-refractivity contribution in [3.63, 3.8) is 0 Å². The second-order valence-electron chi connectivity index (χ2n) is 6.74. The highest BCUT2D eigenvalue weighted by atomic mass is 31.2. The molecule has 10 nitrogen and oxygen atoms in total. The van der Waals surface area contributed by atoms with E-state index in [0.717, 1.165) is 12.8 Å². The lowest BCUT2D eigenvalue weighted by Crippen LogP contribution is -2.43. The minimum atomic E-state index is -4.82. The van der Waals surface area contributed by atoms with E-state index in [0.29, 0.717) is 32.2 Å². The molecule has 0 radical (unpaired) electrons. The van der Waals surface area contributed by atoms with Gasteiger partial charge in [0.25, 0.3) is 0 Å². The molecule has 2 amide bonds. The number of aliphatic carboxylic acids is 1. The summed E-state index contributed by atoms with van der Waals surface area (Å²) >= 11 is 0. The third-order valence-electron chi connectivity index (χ3n) is 4.16. The van der Waals surface area contributed by atoms with Crippen molar-refractivity contribution in [2.45, 2.75) is 51.0 Å². The Morgan fingerprint density at radius 2 is 1.63 bits per heavy atom. The Morgan fingerprint density at radius 1 is 0.967 bits per heavy atom. The van der Waals surface area contributed by atoms with E-state index in [-0.39, 0.29) is 12.3 Å². The Balaban J connectivity index is 2.09. The maximum Gasteiger partial charge on any atom is 0.469 e. The van der Waals surface area contributed by atoms with Crippen molar-refractivity contribution in [1.82, 2.24) is 10.6 Å². The smallest absolute Gasteiger partial charge is 0.469 e. The van der Waals surface area contributed by atoms with Gasteiger partial charge in [0.15, 0.2) is 6.04 Å². The maximum atomic E-state index is 11.8. The molecule has 0 unspecified atom stereocenters. The van der Waals surface area contributed by atoms with E-state index >= 15 is 0 Å². The number of unbranched alkanes of at least 4 members (excludes halogenated alkanes) is 2. The number of hydrogen-bond acceptors (Lipinski definition) is 5. The van der Waals surface area contributed by atoms with E-state index in [1.54, 1.807) is 0 Å². The topological polar surface area (TPSA) is 162 Å². The van der Waals surface area contributed by atoms with Crippen molar-refractivity contribution in [2.75, 3.05) is 13.2 Å². The molecule has 1 atom stereocenters. The van der Waals surface area contributed by atoms with Gasteiger partial charge in [-0.25, -0.2) is 9.36 Å². The fourth-order valence-electron chi connectivity index (χ4n) is 2.61. The molecule has 0 saturated heterocycles. The molecule has 0 aliphatic carbocycles. The number of rotatable bonds is 15. The third kappa shape index (κ3) is 13.1. The number of carbonyl (C=O) groups excluding carboxylic acids is 2. The molecule has 1 rings (SSSR count). The van der Waals surface area contributed by atoms with Gasteiger partial charge in [-0.2, -0.15) is 0 Å². The largest absolute Gasteiger partial charge is 0.480 e. The lowest BCUT2D eigenvalue weighted by Gasteiger charge is -2.15. The fraction of sp³-hybridized carbons (Fsp3) is 0.526. The van der Waals surface area contributed by atoms with Gasteiger partial charge in [-0.05, 0) is 31.2 Å². The predicted octanol–water partition coefficient (Wildman–Crippen LogP) is 1.36. The van der Waals surface area contributed by atoms with Gasteiger partial charge in [-0.3, -0.25) is 14.1 Å². The number of benzene rings is 1. The molecule has 1 aromatic rings. The van der Waals surface area contributed by atoms with E-state index in [9.17, 15) is 18.9 Å². The number of carboxylic acid groups (broad SMARTS) is 1. The van der Waals surface area contributed by atoms with Crippen molar-refractivity contribution >= 4 is 25.6 Å². The number of carboxylic acids is 1. The zero-order chi connectivity index (χ0) is 22.4. The monoisotopic (exact) mass is 444 g/mol. The molecular formula is C19H29N2O8P. The van der Waals surface area contributed by atoms with Crippen LogP contribution in [0.5, 0.6) is 0 Å². The first-order valence-electron chi connectivity index (χ1n) is 9.70. The summed E-state index contributed by atoms with van der Waals surface area (Å²) in [6.45, 7) is -0.332. The van der Waals surface area contributed by atoms with E-state index in [4.69, 9.17) is 14.9 Å². The number of aryl methyl sites for hydroxylation is 1. The molecule has 0 aromatic heterocycles. The summed E-state index contributed by atoms with van der Waals surface area (Å²) in [7, 11) is -4.82. The second kappa shape index (κ2) is 13.9. The van der Waals surface area contributed by atoms with Crippen LogP contribution in [-0.4, -0.2) is 51.9 Å². The number of phosphoric ester groups is 1.